The molecule has 1 aliphatic rings. The molecule has 1 saturated heterocycles. The van der Waals surface area contributed by atoms with E-state index in [0.29, 0.717) is 11.3 Å². The van der Waals surface area contributed by atoms with E-state index in [-0.39, 0.29) is 4.71 Å². The van der Waals surface area contributed by atoms with Crippen molar-refractivity contribution >= 4 is 35.0 Å². The van der Waals surface area contributed by atoms with Crippen molar-refractivity contribution in [3.05, 3.63) is 41.8 Å². The molecule has 0 saturated carbocycles. The maximum atomic E-state index is 12.5. The van der Waals surface area contributed by atoms with Crippen molar-refractivity contribution in [2.24, 2.45) is 0 Å². The Morgan fingerprint density at radius 1 is 1.41 bits per heavy atom. The second-order valence-corrected chi connectivity index (χ2v) is 6.31. The van der Waals surface area contributed by atoms with Gasteiger partial charge in [-0.2, -0.15) is 13.2 Å². The molecule has 2 atom stereocenters. The highest BCUT2D eigenvalue weighted by Crippen LogP contribution is 2.49. The average Bonchev–Trinajstić information content (AvgIpc) is 2.26. The van der Waals surface area contributed by atoms with E-state index in [9.17, 15) is 13.2 Å². The monoisotopic (exact) mass is 299 g/mol. The third-order valence-corrected chi connectivity index (χ3v) is 5.43. The van der Waals surface area contributed by atoms with Gasteiger partial charge < -0.3 is 0 Å². The zero-order valence-corrected chi connectivity index (χ0v) is 10.8. The van der Waals surface area contributed by atoms with E-state index in [0.717, 1.165) is 12.1 Å². The minimum Gasteiger partial charge on any atom is -0.166 e. The number of alkyl halides is 5. The molecule has 0 aromatic heterocycles. The van der Waals surface area contributed by atoms with Crippen molar-refractivity contribution in [2.45, 2.75) is 15.8 Å². The largest absolute Gasteiger partial charge is 0.416 e. The molecule has 1 radical (unpaired) electrons. The Labute approximate surface area is 111 Å². The van der Waals surface area contributed by atoms with Crippen molar-refractivity contribution < 1.29 is 13.2 Å². The molecule has 1 fully saturated rings. The summed E-state index contributed by atoms with van der Waals surface area (Å²) >= 11 is 13.6. The van der Waals surface area contributed by atoms with E-state index in [1.165, 1.54) is 17.8 Å². The van der Waals surface area contributed by atoms with Gasteiger partial charge in [0, 0.05) is 12.2 Å². The molecule has 2 unspecified atom stereocenters. The van der Waals surface area contributed by atoms with Crippen LogP contribution in [0.3, 0.4) is 0 Å². The van der Waals surface area contributed by atoms with Crippen molar-refractivity contribution in [1.82, 2.24) is 0 Å². The fraction of sp³-hybridized carbons (Fsp3) is 0.364. The van der Waals surface area contributed by atoms with Crippen molar-refractivity contribution in [1.29, 1.82) is 0 Å². The van der Waals surface area contributed by atoms with Crippen LogP contribution in [0.4, 0.5) is 13.2 Å². The summed E-state index contributed by atoms with van der Waals surface area (Å²) in [7, 11) is 0. The van der Waals surface area contributed by atoms with Crippen molar-refractivity contribution in [3.8, 4) is 0 Å². The Morgan fingerprint density at radius 2 is 2.12 bits per heavy atom. The van der Waals surface area contributed by atoms with Crippen LogP contribution in [0.2, 0.25) is 0 Å². The van der Waals surface area contributed by atoms with Gasteiger partial charge in [-0.3, -0.25) is 0 Å². The summed E-state index contributed by atoms with van der Waals surface area (Å²) in [5.74, 6) is 0.610. The van der Waals surface area contributed by atoms with Gasteiger partial charge in [-0.1, -0.05) is 18.2 Å². The van der Waals surface area contributed by atoms with E-state index in [4.69, 9.17) is 23.2 Å². The maximum absolute atomic E-state index is 12.5. The van der Waals surface area contributed by atoms with E-state index >= 15 is 0 Å². The molecule has 0 N–H and O–H groups in total. The summed E-state index contributed by atoms with van der Waals surface area (Å²) < 4.78 is 37.2. The number of rotatable bonds is 2. The summed E-state index contributed by atoms with van der Waals surface area (Å²) in [4.78, 5) is -0.740. The third-order valence-electron chi connectivity index (χ3n) is 2.45. The van der Waals surface area contributed by atoms with Gasteiger partial charge in [0.05, 0.1) is 15.1 Å². The predicted molar refractivity (Wildman–Crippen MR) is 65.5 cm³/mol. The van der Waals surface area contributed by atoms with Crippen LogP contribution in [-0.4, -0.2) is 15.3 Å². The Hall–Kier alpha value is -0.0600. The molecule has 2 rings (SSSR count). The van der Waals surface area contributed by atoms with Crippen LogP contribution in [0.1, 0.15) is 11.1 Å². The van der Waals surface area contributed by atoms with E-state index in [1.807, 2.05) is 0 Å². The normalized spacial score (nSPS) is 28.9. The van der Waals surface area contributed by atoms with Crippen LogP contribution < -0.4 is 0 Å². The Morgan fingerprint density at radius 3 is 2.59 bits per heavy atom. The molecule has 0 nitrogen and oxygen atoms in total. The van der Waals surface area contributed by atoms with Crippen molar-refractivity contribution in [2.75, 3.05) is 5.75 Å². The van der Waals surface area contributed by atoms with E-state index in [1.54, 1.807) is 12.5 Å². The lowest BCUT2D eigenvalue weighted by Crippen LogP contribution is -2.44. The number of halogens is 5. The van der Waals surface area contributed by atoms with Gasteiger partial charge in [-0.25, -0.2) is 0 Å². The summed E-state index contributed by atoms with van der Waals surface area (Å²) in [6, 6.07) is 5.07. The second kappa shape index (κ2) is 4.56. The first-order valence-corrected chi connectivity index (χ1v) is 6.65. The minimum absolute atomic E-state index is 0.293. The predicted octanol–water partition coefficient (Wildman–Crippen LogP) is 4.55. The molecule has 1 aliphatic heterocycles. The van der Waals surface area contributed by atoms with Crippen LogP contribution in [0.15, 0.2) is 24.3 Å². The maximum Gasteiger partial charge on any atom is 0.416 e. The Balaban J connectivity index is 2.17. The average molecular weight is 300 g/mol. The topological polar surface area (TPSA) is 0 Å². The molecule has 0 spiro atoms. The highest BCUT2D eigenvalue weighted by molar-refractivity contribution is 8.03. The molecule has 17 heavy (non-hydrogen) atoms. The van der Waals surface area contributed by atoms with Crippen molar-refractivity contribution in [3.63, 3.8) is 0 Å². The molecule has 1 heterocycles. The van der Waals surface area contributed by atoms with Gasteiger partial charge in [0.2, 0.25) is 0 Å². The summed E-state index contributed by atoms with van der Waals surface area (Å²) in [6.07, 6.45) is -2.74. The quantitative estimate of drug-likeness (QED) is 0.722. The fourth-order valence-corrected chi connectivity index (χ4v) is 3.20. The minimum atomic E-state index is -4.34. The first-order chi connectivity index (χ1) is 7.81. The first-order valence-electron chi connectivity index (χ1n) is 4.79. The smallest absolute Gasteiger partial charge is 0.166 e. The molecule has 0 aliphatic carbocycles. The zero-order valence-electron chi connectivity index (χ0n) is 8.47. The van der Waals surface area contributed by atoms with Gasteiger partial charge in [0.15, 0.2) is 0 Å². The van der Waals surface area contributed by atoms with Gasteiger partial charge in [-0.15, -0.1) is 35.0 Å². The Kier molecular flexibility index (Phi) is 3.59. The molecule has 93 valence electrons. The van der Waals surface area contributed by atoms with Gasteiger partial charge in [-0.05, 0) is 11.6 Å². The lowest BCUT2D eigenvalue weighted by Gasteiger charge is -2.40. The van der Waals surface area contributed by atoms with Gasteiger partial charge >= 0.3 is 6.18 Å². The number of thioether (sulfide) groups is 1. The molecular weight excluding hydrogens is 292 g/mol. The third kappa shape index (κ3) is 2.85. The molecule has 1 aromatic rings. The first kappa shape index (κ1) is 13.4. The molecule has 6 heteroatoms. The standard InChI is InChI=1S/C11H8Cl2F3S/c12-9-10(13,6-17-9)5-7-2-1-3-8(4-7)11(14,15)16/h1-5,9H,6H2. The van der Waals surface area contributed by atoms with Gasteiger partial charge in [0.25, 0.3) is 0 Å². The zero-order chi connectivity index (χ0) is 12.7. The number of hydrogen-bond acceptors (Lipinski definition) is 1. The summed E-state index contributed by atoms with van der Waals surface area (Å²) in [5.41, 5.74) is -0.231. The van der Waals surface area contributed by atoms with Crippen LogP contribution in [0.5, 0.6) is 0 Å². The molecule has 1 aromatic carbocycles. The molecule has 0 bridgehead atoms. The summed E-state index contributed by atoms with van der Waals surface area (Å²) in [5, 5.41) is 0. The fourth-order valence-electron chi connectivity index (χ4n) is 1.49. The number of benzene rings is 1. The van der Waals surface area contributed by atoms with Crippen LogP contribution >= 0.6 is 35.0 Å². The lowest BCUT2D eigenvalue weighted by atomic mass is 9.99. The second-order valence-electron chi connectivity index (χ2n) is 3.82. The highest BCUT2D eigenvalue weighted by Gasteiger charge is 2.45. The lowest BCUT2D eigenvalue weighted by molar-refractivity contribution is -0.137. The highest BCUT2D eigenvalue weighted by atomic mass is 35.5. The summed E-state index contributed by atoms with van der Waals surface area (Å²) in [6.45, 7) is 0. The van der Waals surface area contributed by atoms with Crippen LogP contribution in [-0.2, 0) is 6.18 Å². The molecular formula is C11H8Cl2F3S. The van der Waals surface area contributed by atoms with E-state index in [2.05, 4.69) is 0 Å². The van der Waals surface area contributed by atoms with Gasteiger partial charge in [0.1, 0.15) is 0 Å². The molecule has 0 amide bonds. The van der Waals surface area contributed by atoms with E-state index < -0.39 is 16.6 Å². The Bertz CT molecular complexity index is 421. The SMILES string of the molecule is FC(F)(F)c1cccc([CH]C2(Cl)CSC2Cl)c1. The van der Waals surface area contributed by atoms with Crippen LogP contribution in [0, 0.1) is 6.42 Å². The number of hydrogen-bond donors (Lipinski definition) is 0. The van der Waals surface area contributed by atoms with Crippen LogP contribution in [0.25, 0.3) is 0 Å².